The highest BCUT2D eigenvalue weighted by atomic mass is 16.5. The summed E-state index contributed by atoms with van der Waals surface area (Å²) < 4.78 is 5.34. The maximum Gasteiger partial charge on any atom is 0.0477 e. The van der Waals surface area contributed by atoms with Gasteiger partial charge in [-0.2, -0.15) is 0 Å². The maximum absolute atomic E-state index is 5.34. The minimum Gasteiger partial charge on any atom is -0.382 e. The number of likely N-dealkylation sites (N-methyl/N-ethyl adjacent to an activating group) is 1. The first-order valence-corrected chi connectivity index (χ1v) is 7.84. The van der Waals surface area contributed by atoms with E-state index in [9.17, 15) is 0 Å². The quantitative estimate of drug-likeness (QED) is 0.642. The second-order valence-corrected chi connectivity index (χ2v) is 5.86. The Kier molecular flexibility index (Phi) is 8.62. The number of hydrogen-bond donors (Lipinski definition) is 1. The lowest BCUT2D eigenvalue weighted by Crippen LogP contribution is -2.50. The molecule has 114 valence electrons. The van der Waals surface area contributed by atoms with E-state index in [1.54, 1.807) is 0 Å². The van der Waals surface area contributed by atoms with Crippen molar-refractivity contribution in [3.8, 4) is 0 Å². The molecular formula is C15H33N3O. The molecule has 1 fully saturated rings. The Hall–Kier alpha value is -0.160. The predicted octanol–water partition coefficient (Wildman–Crippen LogP) is 1.42. The van der Waals surface area contributed by atoms with E-state index in [4.69, 9.17) is 4.74 Å². The van der Waals surface area contributed by atoms with Gasteiger partial charge in [0.2, 0.25) is 0 Å². The Labute approximate surface area is 119 Å². The summed E-state index contributed by atoms with van der Waals surface area (Å²) >= 11 is 0. The number of ether oxygens (including phenoxy) is 1. The van der Waals surface area contributed by atoms with Crippen LogP contribution in [-0.2, 0) is 4.74 Å². The molecule has 0 radical (unpaired) electrons. The Morgan fingerprint density at radius 3 is 2.89 bits per heavy atom. The van der Waals surface area contributed by atoms with Gasteiger partial charge in [0.25, 0.3) is 0 Å². The van der Waals surface area contributed by atoms with Crippen molar-refractivity contribution in [1.82, 2.24) is 15.1 Å². The number of piperidine rings is 1. The van der Waals surface area contributed by atoms with E-state index < -0.39 is 0 Å². The van der Waals surface area contributed by atoms with Crippen LogP contribution in [0.25, 0.3) is 0 Å². The molecule has 2 atom stereocenters. The van der Waals surface area contributed by atoms with Gasteiger partial charge in [0.05, 0.1) is 0 Å². The van der Waals surface area contributed by atoms with Gasteiger partial charge in [-0.1, -0.05) is 0 Å². The summed E-state index contributed by atoms with van der Waals surface area (Å²) in [5.41, 5.74) is 0. The zero-order valence-electron chi connectivity index (χ0n) is 13.3. The Morgan fingerprint density at radius 2 is 2.21 bits per heavy atom. The average molecular weight is 271 g/mol. The first kappa shape index (κ1) is 16.9. The lowest BCUT2D eigenvalue weighted by atomic mass is 10.0. The third-order valence-electron chi connectivity index (χ3n) is 4.07. The van der Waals surface area contributed by atoms with Crippen LogP contribution in [0.3, 0.4) is 0 Å². The number of nitrogens with one attached hydrogen (secondary N) is 1. The molecule has 1 N–H and O–H groups in total. The van der Waals surface area contributed by atoms with Gasteiger partial charge in [-0.15, -0.1) is 0 Å². The first-order chi connectivity index (χ1) is 9.15. The van der Waals surface area contributed by atoms with Gasteiger partial charge < -0.3 is 15.0 Å². The molecule has 1 aliphatic rings. The largest absolute Gasteiger partial charge is 0.382 e. The minimum absolute atomic E-state index is 0.634. The van der Waals surface area contributed by atoms with Crippen LogP contribution in [0.2, 0.25) is 0 Å². The Bertz CT molecular complexity index is 223. The van der Waals surface area contributed by atoms with Gasteiger partial charge in [-0.05, 0) is 60.3 Å². The van der Waals surface area contributed by atoms with Crippen LogP contribution in [0.1, 0.15) is 33.1 Å². The van der Waals surface area contributed by atoms with Crippen LogP contribution < -0.4 is 5.32 Å². The molecule has 0 aromatic heterocycles. The molecule has 0 amide bonds. The van der Waals surface area contributed by atoms with Crippen LogP contribution in [0.4, 0.5) is 0 Å². The van der Waals surface area contributed by atoms with Gasteiger partial charge in [-0.3, -0.25) is 4.90 Å². The average Bonchev–Trinajstić information content (AvgIpc) is 2.42. The van der Waals surface area contributed by atoms with E-state index in [0.717, 1.165) is 38.8 Å². The van der Waals surface area contributed by atoms with E-state index in [0.29, 0.717) is 6.04 Å². The van der Waals surface area contributed by atoms with Gasteiger partial charge in [-0.25, -0.2) is 0 Å². The Morgan fingerprint density at radius 1 is 1.42 bits per heavy atom. The fourth-order valence-electron chi connectivity index (χ4n) is 2.69. The number of rotatable bonds is 9. The summed E-state index contributed by atoms with van der Waals surface area (Å²) in [5.74, 6) is 0. The molecule has 0 saturated carbocycles. The number of nitrogens with zero attached hydrogens (tertiary/aromatic N) is 2. The van der Waals surface area contributed by atoms with E-state index >= 15 is 0 Å². The van der Waals surface area contributed by atoms with Crippen molar-refractivity contribution in [1.29, 1.82) is 0 Å². The van der Waals surface area contributed by atoms with Crippen LogP contribution in [-0.4, -0.2) is 75.4 Å². The van der Waals surface area contributed by atoms with Gasteiger partial charge in [0.1, 0.15) is 0 Å². The van der Waals surface area contributed by atoms with Gasteiger partial charge in [0.15, 0.2) is 0 Å². The molecule has 0 bridgehead atoms. The maximum atomic E-state index is 5.34. The van der Waals surface area contributed by atoms with Crippen LogP contribution >= 0.6 is 0 Å². The standard InChI is InChI=1S/C15H33N3O/c1-5-19-11-7-9-16-12-14(2)18-10-6-8-15(13-18)17(3)4/h14-16H,5-13H2,1-4H3. The second-order valence-electron chi connectivity index (χ2n) is 5.86. The smallest absolute Gasteiger partial charge is 0.0477 e. The number of hydrogen-bond acceptors (Lipinski definition) is 4. The molecule has 1 rings (SSSR count). The Balaban J connectivity index is 2.12. The van der Waals surface area contributed by atoms with Crippen molar-refractivity contribution in [2.75, 3.05) is 53.5 Å². The second kappa shape index (κ2) is 9.70. The molecular weight excluding hydrogens is 238 g/mol. The van der Waals surface area contributed by atoms with Crippen LogP contribution in [0.5, 0.6) is 0 Å². The van der Waals surface area contributed by atoms with E-state index in [2.05, 4.69) is 36.1 Å². The third kappa shape index (κ3) is 6.70. The first-order valence-electron chi connectivity index (χ1n) is 7.84. The van der Waals surface area contributed by atoms with E-state index in [-0.39, 0.29) is 0 Å². The minimum atomic E-state index is 0.634. The van der Waals surface area contributed by atoms with Crippen LogP contribution in [0.15, 0.2) is 0 Å². The molecule has 0 aromatic carbocycles. The molecule has 1 saturated heterocycles. The van der Waals surface area contributed by atoms with Gasteiger partial charge >= 0.3 is 0 Å². The van der Waals surface area contributed by atoms with Crippen LogP contribution in [0, 0.1) is 0 Å². The highest BCUT2D eigenvalue weighted by molar-refractivity contribution is 4.81. The highest BCUT2D eigenvalue weighted by Crippen LogP contribution is 2.15. The zero-order chi connectivity index (χ0) is 14.1. The van der Waals surface area contributed by atoms with Gasteiger partial charge in [0, 0.05) is 38.4 Å². The van der Waals surface area contributed by atoms with Crippen molar-refractivity contribution >= 4 is 0 Å². The zero-order valence-corrected chi connectivity index (χ0v) is 13.3. The van der Waals surface area contributed by atoms with E-state index in [1.165, 1.54) is 25.9 Å². The topological polar surface area (TPSA) is 27.7 Å². The lowest BCUT2D eigenvalue weighted by Gasteiger charge is -2.39. The molecule has 4 nitrogen and oxygen atoms in total. The summed E-state index contributed by atoms with van der Waals surface area (Å²) in [5, 5.41) is 3.55. The predicted molar refractivity (Wildman–Crippen MR) is 81.7 cm³/mol. The highest BCUT2D eigenvalue weighted by Gasteiger charge is 2.24. The summed E-state index contributed by atoms with van der Waals surface area (Å²) in [6, 6.07) is 1.36. The number of likely N-dealkylation sites (tertiary alicyclic amines) is 1. The van der Waals surface area contributed by atoms with E-state index in [1.807, 2.05) is 6.92 Å². The van der Waals surface area contributed by atoms with Crippen molar-refractivity contribution in [3.63, 3.8) is 0 Å². The molecule has 0 aliphatic carbocycles. The summed E-state index contributed by atoms with van der Waals surface area (Å²) in [6.07, 6.45) is 3.79. The molecule has 4 heteroatoms. The summed E-state index contributed by atoms with van der Waals surface area (Å²) in [4.78, 5) is 5.00. The summed E-state index contributed by atoms with van der Waals surface area (Å²) in [6.45, 7) is 10.7. The fraction of sp³-hybridized carbons (Fsp3) is 1.00. The molecule has 2 unspecified atom stereocenters. The molecule has 1 aliphatic heterocycles. The van der Waals surface area contributed by atoms with Crippen molar-refractivity contribution in [2.24, 2.45) is 0 Å². The van der Waals surface area contributed by atoms with Crippen molar-refractivity contribution < 1.29 is 4.74 Å². The third-order valence-corrected chi connectivity index (χ3v) is 4.07. The molecule has 1 heterocycles. The monoisotopic (exact) mass is 271 g/mol. The van der Waals surface area contributed by atoms with Crippen molar-refractivity contribution in [3.05, 3.63) is 0 Å². The molecule has 0 spiro atoms. The summed E-state index contributed by atoms with van der Waals surface area (Å²) in [7, 11) is 4.40. The molecule has 0 aromatic rings. The normalized spacial score (nSPS) is 22.9. The molecule has 19 heavy (non-hydrogen) atoms. The lowest BCUT2D eigenvalue weighted by molar-refractivity contribution is 0.101. The van der Waals surface area contributed by atoms with Crippen molar-refractivity contribution in [2.45, 2.75) is 45.2 Å². The fourth-order valence-corrected chi connectivity index (χ4v) is 2.69. The SMILES string of the molecule is CCOCCCNCC(C)N1CCCC(N(C)C)C1.